The fourth-order valence-corrected chi connectivity index (χ4v) is 2.59. The molecule has 0 fully saturated rings. The average molecular weight is 348 g/mol. The largest absolute Gasteiger partial charge is 0.482 e. The first kappa shape index (κ1) is 18.3. The fraction of sp³-hybridized carbons (Fsp3) is 0.316. The maximum atomic E-state index is 11.8. The standard InChI is InChI=1S/C19H22ClNO3/c1-14(6-5-11-22)21-19(23)13-24-18-10-9-16(12-17(18)20)15-7-3-2-4-8-15/h2-4,7-10,12,14,22H,5-6,11,13H2,1H3,(H,21,23). The van der Waals surface area contributed by atoms with Crippen molar-refractivity contribution in [1.29, 1.82) is 0 Å². The topological polar surface area (TPSA) is 58.6 Å². The molecule has 0 aliphatic rings. The van der Waals surface area contributed by atoms with Crippen molar-refractivity contribution in [3.8, 4) is 16.9 Å². The molecule has 0 heterocycles. The van der Waals surface area contributed by atoms with Crippen LogP contribution in [0.1, 0.15) is 19.8 Å². The SMILES string of the molecule is CC(CCCO)NC(=O)COc1ccc(-c2ccccc2)cc1Cl. The van der Waals surface area contributed by atoms with Gasteiger partial charge in [-0.1, -0.05) is 48.0 Å². The van der Waals surface area contributed by atoms with Gasteiger partial charge >= 0.3 is 0 Å². The maximum Gasteiger partial charge on any atom is 0.258 e. The van der Waals surface area contributed by atoms with Crippen LogP contribution in [0.4, 0.5) is 0 Å². The van der Waals surface area contributed by atoms with Crippen LogP contribution in [0.25, 0.3) is 11.1 Å². The van der Waals surface area contributed by atoms with E-state index in [2.05, 4.69) is 5.32 Å². The number of carbonyl (C=O) groups excluding carboxylic acids is 1. The Morgan fingerprint density at radius 2 is 1.96 bits per heavy atom. The van der Waals surface area contributed by atoms with Gasteiger partial charge in [0.25, 0.3) is 5.91 Å². The Kier molecular flexibility index (Phi) is 7.09. The quantitative estimate of drug-likeness (QED) is 0.766. The molecule has 0 aliphatic carbocycles. The van der Waals surface area contributed by atoms with Gasteiger partial charge in [0.05, 0.1) is 5.02 Å². The minimum absolute atomic E-state index is 0.00387. The summed E-state index contributed by atoms with van der Waals surface area (Å²) in [7, 11) is 0. The van der Waals surface area contributed by atoms with E-state index >= 15 is 0 Å². The van der Waals surface area contributed by atoms with Crippen LogP contribution in [0.2, 0.25) is 5.02 Å². The van der Waals surface area contributed by atoms with Crippen LogP contribution in [-0.4, -0.2) is 30.3 Å². The zero-order valence-electron chi connectivity index (χ0n) is 13.7. The van der Waals surface area contributed by atoms with Crippen molar-refractivity contribution >= 4 is 17.5 Å². The summed E-state index contributed by atoms with van der Waals surface area (Å²) < 4.78 is 5.50. The van der Waals surface area contributed by atoms with Crippen LogP contribution < -0.4 is 10.1 Å². The number of hydrogen-bond acceptors (Lipinski definition) is 3. The van der Waals surface area contributed by atoms with E-state index in [-0.39, 0.29) is 25.2 Å². The molecule has 2 rings (SSSR count). The van der Waals surface area contributed by atoms with Crippen molar-refractivity contribution in [2.75, 3.05) is 13.2 Å². The molecule has 1 unspecified atom stereocenters. The van der Waals surface area contributed by atoms with E-state index in [4.69, 9.17) is 21.4 Å². The molecule has 0 bridgehead atoms. The fourth-order valence-electron chi connectivity index (χ4n) is 2.36. The zero-order valence-corrected chi connectivity index (χ0v) is 14.4. The number of amides is 1. The highest BCUT2D eigenvalue weighted by Gasteiger charge is 2.10. The summed E-state index contributed by atoms with van der Waals surface area (Å²) in [4.78, 5) is 11.8. The summed E-state index contributed by atoms with van der Waals surface area (Å²) in [6.07, 6.45) is 1.39. The molecule has 2 aromatic rings. The Labute approximate surface area is 147 Å². The number of benzene rings is 2. The van der Waals surface area contributed by atoms with Crippen LogP contribution >= 0.6 is 11.6 Å². The monoisotopic (exact) mass is 347 g/mol. The Bertz CT molecular complexity index is 661. The van der Waals surface area contributed by atoms with E-state index in [1.54, 1.807) is 6.07 Å². The molecule has 0 radical (unpaired) electrons. The number of halogens is 1. The van der Waals surface area contributed by atoms with Gasteiger partial charge in [0.2, 0.25) is 0 Å². The van der Waals surface area contributed by atoms with Crippen LogP contribution in [0.15, 0.2) is 48.5 Å². The van der Waals surface area contributed by atoms with Gasteiger partial charge in [-0.25, -0.2) is 0 Å². The number of nitrogens with one attached hydrogen (secondary N) is 1. The first-order valence-electron chi connectivity index (χ1n) is 7.98. The van der Waals surface area contributed by atoms with Crippen molar-refractivity contribution in [1.82, 2.24) is 5.32 Å². The molecular formula is C19H22ClNO3. The van der Waals surface area contributed by atoms with E-state index in [0.717, 1.165) is 17.5 Å². The minimum Gasteiger partial charge on any atom is -0.482 e. The molecule has 0 aliphatic heterocycles. The Morgan fingerprint density at radius 3 is 2.62 bits per heavy atom. The van der Waals surface area contributed by atoms with Crippen molar-refractivity contribution < 1.29 is 14.6 Å². The van der Waals surface area contributed by atoms with Crippen LogP contribution in [0.5, 0.6) is 5.75 Å². The molecule has 1 amide bonds. The summed E-state index contributed by atoms with van der Waals surface area (Å²) in [5, 5.41) is 12.1. The zero-order chi connectivity index (χ0) is 17.4. The van der Waals surface area contributed by atoms with Gasteiger partial charge in [0.15, 0.2) is 6.61 Å². The lowest BCUT2D eigenvalue weighted by Gasteiger charge is -2.14. The number of ether oxygens (including phenoxy) is 1. The van der Waals surface area contributed by atoms with Crippen molar-refractivity contribution in [3.63, 3.8) is 0 Å². The Hall–Kier alpha value is -2.04. The van der Waals surface area contributed by atoms with Crippen LogP contribution in [0.3, 0.4) is 0 Å². The Balaban J connectivity index is 1.90. The second kappa shape index (κ2) is 9.30. The third kappa shape index (κ3) is 5.55. The number of carbonyl (C=O) groups is 1. The van der Waals surface area contributed by atoms with Crippen molar-refractivity contribution in [2.45, 2.75) is 25.8 Å². The van der Waals surface area contributed by atoms with Gasteiger partial charge in [0, 0.05) is 12.6 Å². The predicted octanol–water partition coefficient (Wildman–Crippen LogP) is 3.66. The van der Waals surface area contributed by atoms with Crippen molar-refractivity contribution in [3.05, 3.63) is 53.6 Å². The second-order valence-electron chi connectivity index (χ2n) is 5.63. The van der Waals surface area contributed by atoms with Crippen LogP contribution in [-0.2, 0) is 4.79 Å². The highest BCUT2D eigenvalue weighted by Crippen LogP contribution is 2.30. The highest BCUT2D eigenvalue weighted by molar-refractivity contribution is 6.32. The maximum absolute atomic E-state index is 11.8. The number of rotatable bonds is 8. The first-order valence-corrected chi connectivity index (χ1v) is 8.36. The van der Waals surface area contributed by atoms with E-state index in [1.165, 1.54) is 0 Å². The molecule has 4 nitrogen and oxygen atoms in total. The van der Waals surface area contributed by atoms with E-state index in [9.17, 15) is 4.79 Å². The number of aliphatic hydroxyl groups is 1. The highest BCUT2D eigenvalue weighted by atomic mass is 35.5. The normalized spacial score (nSPS) is 11.8. The predicted molar refractivity (Wildman–Crippen MR) is 96.3 cm³/mol. The van der Waals surface area contributed by atoms with Crippen molar-refractivity contribution in [2.24, 2.45) is 0 Å². The average Bonchev–Trinajstić information content (AvgIpc) is 2.59. The van der Waals surface area contributed by atoms with Gasteiger partial charge in [-0.15, -0.1) is 0 Å². The lowest BCUT2D eigenvalue weighted by atomic mass is 10.1. The second-order valence-corrected chi connectivity index (χ2v) is 6.04. The number of hydrogen-bond donors (Lipinski definition) is 2. The summed E-state index contributed by atoms with van der Waals surface area (Å²) >= 11 is 6.25. The molecule has 2 aromatic carbocycles. The summed E-state index contributed by atoms with van der Waals surface area (Å²) in [5.74, 6) is 0.276. The van der Waals surface area contributed by atoms with Crippen LogP contribution in [0, 0.1) is 0 Å². The number of aliphatic hydroxyl groups excluding tert-OH is 1. The molecule has 0 saturated heterocycles. The molecule has 128 valence electrons. The van der Waals surface area contributed by atoms with Gasteiger partial charge in [-0.2, -0.15) is 0 Å². The summed E-state index contributed by atoms with van der Waals surface area (Å²) in [6, 6.07) is 15.4. The molecule has 24 heavy (non-hydrogen) atoms. The first-order chi connectivity index (χ1) is 11.6. The summed E-state index contributed by atoms with van der Waals surface area (Å²) in [5.41, 5.74) is 2.07. The smallest absolute Gasteiger partial charge is 0.258 e. The van der Waals surface area contributed by atoms with E-state index in [0.29, 0.717) is 17.2 Å². The van der Waals surface area contributed by atoms with Gasteiger partial charge < -0.3 is 15.2 Å². The lowest BCUT2D eigenvalue weighted by molar-refractivity contribution is -0.123. The molecule has 0 spiro atoms. The molecular weight excluding hydrogens is 326 g/mol. The third-order valence-corrected chi connectivity index (χ3v) is 3.90. The summed E-state index contributed by atoms with van der Waals surface area (Å²) in [6.45, 7) is 1.93. The lowest BCUT2D eigenvalue weighted by Crippen LogP contribution is -2.36. The van der Waals surface area contributed by atoms with Gasteiger partial charge in [-0.05, 0) is 43.0 Å². The van der Waals surface area contributed by atoms with E-state index in [1.807, 2.05) is 49.4 Å². The molecule has 1 atom stereocenters. The molecule has 2 N–H and O–H groups in total. The Morgan fingerprint density at radius 1 is 1.21 bits per heavy atom. The van der Waals surface area contributed by atoms with Gasteiger partial charge in [-0.3, -0.25) is 4.79 Å². The minimum atomic E-state index is -0.205. The molecule has 5 heteroatoms. The van der Waals surface area contributed by atoms with Gasteiger partial charge in [0.1, 0.15) is 5.75 Å². The molecule has 0 aromatic heterocycles. The molecule has 0 saturated carbocycles. The third-order valence-electron chi connectivity index (χ3n) is 3.60. The van der Waals surface area contributed by atoms with E-state index < -0.39 is 0 Å².